The summed E-state index contributed by atoms with van der Waals surface area (Å²) in [6.45, 7) is 2.19. The van der Waals surface area contributed by atoms with Crippen LogP contribution in [0.15, 0.2) is 47.5 Å². The summed E-state index contributed by atoms with van der Waals surface area (Å²) in [6, 6.07) is 14.0. The van der Waals surface area contributed by atoms with E-state index in [4.69, 9.17) is 14.2 Å². The number of rotatable bonds is 10. The quantitative estimate of drug-likeness (QED) is 0.475. The Bertz CT molecular complexity index is 819. The smallest absolute Gasteiger partial charge is 0.191 e. The number of nitrogens with one attached hydrogen (secondary N) is 2. The van der Waals surface area contributed by atoms with Crippen molar-refractivity contribution in [3.63, 3.8) is 0 Å². The molecule has 1 aliphatic rings. The highest BCUT2D eigenvalue weighted by Gasteiger charge is 2.22. The predicted molar refractivity (Wildman–Crippen MR) is 116 cm³/mol. The third-order valence-corrected chi connectivity index (χ3v) is 4.99. The van der Waals surface area contributed by atoms with E-state index in [0.29, 0.717) is 6.54 Å². The molecule has 0 radical (unpaired) electrons. The summed E-state index contributed by atoms with van der Waals surface area (Å²) in [4.78, 5) is 4.32. The maximum absolute atomic E-state index is 5.99. The highest BCUT2D eigenvalue weighted by atomic mass is 16.5. The Morgan fingerprint density at radius 1 is 1.00 bits per heavy atom. The van der Waals surface area contributed by atoms with Crippen molar-refractivity contribution >= 4 is 5.96 Å². The van der Waals surface area contributed by atoms with Crippen molar-refractivity contribution in [1.82, 2.24) is 10.6 Å². The van der Waals surface area contributed by atoms with Crippen molar-refractivity contribution in [3.05, 3.63) is 53.6 Å². The average Bonchev–Trinajstić information content (AvgIpc) is 3.59. The molecule has 0 atom stereocenters. The average molecular weight is 398 g/mol. The molecule has 156 valence electrons. The standard InChI is InChI=1S/C23H31N3O3/c1-24-23(25-13-12-18-14-20(27-2)10-11-21(18)28-3)26-15-19-6-4-5-7-22(19)29-16-17-8-9-17/h4-7,10-11,14,17H,8-9,12-13,15-16H2,1-3H3,(H2,24,25,26). The molecule has 1 aliphatic carbocycles. The van der Waals surface area contributed by atoms with Gasteiger partial charge >= 0.3 is 0 Å². The molecule has 2 N–H and O–H groups in total. The van der Waals surface area contributed by atoms with Gasteiger partial charge in [-0.2, -0.15) is 0 Å². The lowest BCUT2D eigenvalue weighted by Gasteiger charge is -2.15. The van der Waals surface area contributed by atoms with Gasteiger partial charge < -0.3 is 24.8 Å². The molecule has 0 amide bonds. The molecule has 0 aliphatic heterocycles. The minimum absolute atomic E-state index is 0.656. The van der Waals surface area contributed by atoms with E-state index < -0.39 is 0 Å². The number of guanidine groups is 1. The molecule has 0 bridgehead atoms. The Morgan fingerprint density at radius 3 is 2.55 bits per heavy atom. The molecule has 0 heterocycles. The van der Waals surface area contributed by atoms with Crippen LogP contribution in [0.4, 0.5) is 0 Å². The van der Waals surface area contributed by atoms with Crippen LogP contribution >= 0.6 is 0 Å². The van der Waals surface area contributed by atoms with Crippen LogP contribution in [-0.2, 0) is 13.0 Å². The first-order chi connectivity index (χ1) is 14.2. The van der Waals surface area contributed by atoms with Gasteiger partial charge in [-0.05, 0) is 55.0 Å². The van der Waals surface area contributed by atoms with Gasteiger partial charge in [-0.15, -0.1) is 0 Å². The van der Waals surface area contributed by atoms with Crippen LogP contribution in [0.25, 0.3) is 0 Å². The zero-order chi connectivity index (χ0) is 20.5. The molecule has 2 aromatic carbocycles. The highest BCUT2D eigenvalue weighted by Crippen LogP contribution is 2.30. The summed E-state index contributed by atoms with van der Waals surface area (Å²) in [5, 5.41) is 6.73. The second-order valence-electron chi connectivity index (χ2n) is 7.14. The van der Waals surface area contributed by atoms with Crippen LogP contribution in [0.1, 0.15) is 24.0 Å². The van der Waals surface area contributed by atoms with E-state index >= 15 is 0 Å². The molecule has 0 aromatic heterocycles. The Hall–Kier alpha value is -2.89. The Morgan fingerprint density at radius 2 is 1.83 bits per heavy atom. The minimum Gasteiger partial charge on any atom is -0.497 e. The number of nitrogens with zero attached hydrogens (tertiary/aromatic N) is 1. The van der Waals surface area contributed by atoms with E-state index in [1.807, 2.05) is 36.4 Å². The number of para-hydroxylation sites is 1. The van der Waals surface area contributed by atoms with Crippen LogP contribution in [-0.4, -0.2) is 40.4 Å². The SMILES string of the molecule is CN=C(NCCc1cc(OC)ccc1OC)NCc1ccccc1OCC1CC1. The van der Waals surface area contributed by atoms with Crippen LogP contribution in [0.2, 0.25) is 0 Å². The second kappa shape index (κ2) is 10.6. The third-order valence-electron chi connectivity index (χ3n) is 4.99. The lowest BCUT2D eigenvalue weighted by molar-refractivity contribution is 0.296. The number of aliphatic imine (C=N–C) groups is 1. The fraction of sp³-hybridized carbons (Fsp3) is 0.435. The van der Waals surface area contributed by atoms with Crippen molar-refractivity contribution in [2.24, 2.45) is 10.9 Å². The van der Waals surface area contributed by atoms with Gasteiger partial charge in [-0.25, -0.2) is 0 Å². The number of benzene rings is 2. The molecule has 3 rings (SSSR count). The zero-order valence-corrected chi connectivity index (χ0v) is 17.5. The van der Waals surface area contributed by atoms with E-state index in [-0.39, 0.29) is 0 Å². The van der Waals surface area contributed by atoms with E-state index in [0.717, 1.165) is 59.8 Å². The first-order valence-electron chi connectivity index (χ1n) is 10.1. The predicted octanol–water partition coefficient (Wildman–Crippen LogP) is 3.40. The monoisotopic (exact) mass is 397 g/mol. The fourth-order valence-corrected chi connectivity index (χ4v) is 3.08. The van der Waals surface area contributed by atoms with Crippen LogP contribution in [0.3, 0.4) is 0 Å². The van der Waals surface area contributed by atoms with E-state index in [1.165, 1.54) is 12.8 Å². The molecule has 2 aromatic rings. The van der Waals surface area contributed by atoms with Gasteiger partial charge in [0.15, 0.2) is 5.96 Å². The zero-order valence-electron chi connectivity index (χ0n) is 17.5. The van der Waals surface area contributed by atoms with Gasteiger partial charge in [-0.3, -0.25) is 4.99 Å². The van der Waals surface area contributed by atoms with E-state index in [2.05, 4.69) is 21.7 Å². The first kappa shape index (κ1) is 20.8. The van der Waals surface area contributed by atoms with Crippen molar-refractivity contribution in [2.75, 3.05) is 34.4 Å². The van der Waals surface area contributed by atoms with Gasteiger partial charge in [0.2, 0.25) is 0 Å². The summed E-state index contributed by atoms with van der Waals surface area (Å²) in [7, 11) is 5.13. The molecular formula is C23H31N3O3. The molecule has 1 fully saturated rings. The van der Waals surface area contributed by atoms with Gasteiger partial charge in [0, 0.05) is 25.7 Å². The van der Waals surface area contributed by atoms with Crippen LogP contribution in [0, 0.1) is 5.92 Å². The van der Waals surface area contributed by atoms with Crippen molar-refractivity contribution < 1.29 is 14.2 Å². The second-order valence-corrected chi connectivity index (χ2v) is 7.14. The Balaban J connectivity index is 1.50. The summed E-state index contributed by atoms with van der Waals surface area (Å²) in [6.07, 6.45) is 3.37. The lowest BCUT2D eigenvalue weighted by Crippen LogP contribution is -2.38. The van der Waals surface area contributed by atoms with E-state index in [1.54, 1.807) is 21.3 Å². The molecule has 6 heteroatoms. The topological polar surface area (TPSA) is 64.1 Å². The van der Waals surface area contributed by atoms with Gasteiger partial charge in [0.1, 0.15) is 17.2 Å². The Labute approximate surface area is 173 Å². The first-order valence-corrected chi connectivity index (χ1v) is 10.1. The third kappa shape index (κ3) is 6.31. The molecular weight excluding hydrogens is 366 g/mol. The molecule has 1 saturated carbocycles. The lowest BCUT2D eigenvalue weighted by atomic mass is 10.1. The largest absolute Gasteiger partial charge is 0.497 e. The van der Waals surface area contributed by atoms with Crippen molar-refractivity contribution in [2.45, 2.75) is 25.8 Å². The molecule has 0 spiro atoms. The van der Waals surface area contributed by atoms with Crippen LogP contribution < -0.4 is 24.8 Å². The normalized spacial score (nSPS) is 13.7. The Kier molecular flexibility index (Phi) is 7.61. The van der Waals surface area contributed by atoms with Crippen LogP contribution in [0.5, 0.6) is 17.2 Å². The fourth-order valence-electron chi connectivity index (χ4n) is 3.08. The van der Waals surface area contributed by atoms with E-state index in [9.17, 15) is 0 Å². The number of ether oxygens (including phenoxy) is 3. The molecule has 29 heavy (non-hydrogen) atoms. The summed E-state index contributed by atoms with van der Waals surface area (Å²) < 4.78 is 16.8. The summed E-state index contributed by atoms with van der Waals surface area (Å²) in [5.74, 6) is 4.12. The number of hydrogen-bond acceptors (Lipinski definition) is 4. The summed E-state index contributed by atoms with van der Waals surface area (Å²) >= 11 is 0. The van der Waals surface area contributed by atoms with Gasteiger partial charge in [-0.1, -0.05) is 18.2 Å². The van der Waals surface area contributed by atoms with Crippen molar-refractivity contribution in [3.8, 4) is 17.2 Å². The minimum atomic E-state index is 0.656. The number of hydrogen-bond donors (Lipinski definition) is 2. The molecule has 0 saturated heterocycles. The highest BCUT2D eigenvalue weighted by molar-refractivity contribution is 5.79. The molecule has 0 unspecified atom stereocenters. The maximum atomic E-state index is 5.99. The summed E-state index contributed by atoms with van der Waals surface area (Å²) in [5.41, 5.74) is 2.22. The van der Waals surface area contributed by atoms with Crippen molar-refractivity contribution in [1.29, 1.82) is 0 Å². The number of methoxy groups -OCH3 is 2. The van der Waals surface area contributed by atoms with Gasteiger partial charge in [0.05, 0.1) is 20.8 Å². The maximum Gasteiger partial charge on any atom is 0.191 e. The molecule has 6 nitrogen and oxygen atoms in total. The van der Waals surface area contributed by atoms with Gasteiger partial charge in [0.25, 0.3) is 0 Å².